The molecule has 29 heavy (non-hydrogen) atoms. The van der Waals surface area contributed by atoms with Crippen LogP contribution >= 0.6 is 0 Å². The van der Waals surface area contributed by atoms with Crippen molar-refractivity contribution in [3.05, 3.63) is 48.2 Å². The van der Waals surface area contributed by atoms with Gasteiger partial charge in [0.25, 0.3) is 0 Å². The highest BCUT2D eigenvalue weighted by atomic mass is 16.5. The Morgan fingerprint density at radius 1 is 1.21 bits per heavy atom. The summed E-state index contributed by atoms with van der Waals surface area (Å²) in [6, 6.07) is 12.4. The van der Waals surface area contributed by atoms with Gasteiger partial charge in [-0.1, -0.05) is 44.2 Å². The Labute approximate surface area is 172 Å². The zero-order valence-electron chi connectivity index (χ0n) is 17.5. The van der Waals surface area contributed by atoms with E-state index in [1.165, 1.54) is 5.56 Å². The topological polar surface area (TPSA) is 79.4 Å². The van der Waals surface area contributed by atoms with Crippen LogP contribution in [0.1, 0.15) is 32.3 Å². The Morgan fingerprint density at radius 2 is 1.93 bits per heavy atom. The molecule has 0 spiro atoms. The first-order valence-electron chi connectivity index (χ1n) is 10.2. The maximum absolute atomic E-state index is 12.6. The van der Waals surface area contributed by atoms with Gasteiger partial charge in [-0.2, -0.15) is 4.98 Å². The first kappa shape index (κ1) is 20.9. The van der Waals surface area contributed by atoms with Crippen molar-refractivity contribution in [2.75, 3.05) is 32.1 Å². The molecule has 2 aromatic rings. The lowest BCUT2D eigenvalue weighted by Gasteiger charge is -2.33. The van der Waals surface area contributed by atoms with Crippen molar-refractivity contribution in [2.45, 2.75) is 39.2 Å². The largest absolute Gasteiger partial charge is 0.481 e. The van der Waals surface area contributed by atoms with Crippen LogP contribution < -0.4 is 15.4 Å². The van der Waals surface area contributed by atoms with E-state index < -0.39 is 0 Å². The molecule has 0 bridgehead atoms. The summed E-state index contributed by atoms with van der Waals surface area (Å²) >= 11 is 0. The fourth-order valence-corrected chi connectivity index (χ4v) is 3.57. The molecule has 0 saturated carbocycles. The number of hydrogen-bond donors (Lipinski definition) is 2. The number of carbonyl (C=O) groups excluding carboxylic acids is 1. The number of nitrogens with one attached hydrogen (secondary N) is 2. The van der Waals surface area contributed by atoms with E-state index in [2.05, 4.69) is 58.7 Å². The summed E-state index contributed by atoms with van der Waals surface area (Å²) in [6.45, 7) is 6.45. The first-order chi connectivity index (χ1) is 13.9. The molecule has 1 aromatic carbocycles. The van der Waals surface area contributed by atoms with Gasteiger partial charge in [0.05, 0.1) is 7.11 Å². The van der Waals surface area contributed by atoms with E-state index in [4.69, 9.17) is 4.74 Å². The maximum atomic E-state index is 12.6. The fraction of sp³-hybridized carbons (Fsp3) is 0.500. The van der Waals surface area contributed by atoms with Crippen molar-refractivity contribution in [1.82, 2.24) is 20.2 Å². The van der Waals surface area contributed by atoms with Gasteiger partial charge in [0.1, 0.15) is 0 Å². The third-order valence-electron chi connectivity index (χ3n) is 5.20. The standard InChI is InChI=1S/C22H31N5O2/c1-22(2,15-17-7-5-4-6-8-17)16-24-21(28)27-13-10-18(11-14-27)25-20-23-12-9-19(26-20)29-3/h4-9,12,18H,10-11,13-16H2,1-3H3,(H,24,28)(H,23,25,26). The molecule has 2 N–H and O–H groups in total. The van der Waals surface area contributed by atoms with Gasteiger partial charge in [0.2, 0.25) is 11.8 Å². The van der Waals surface area contributed by atoms with Crippen LogP contribution in [0.2, 0.25) is 0 Å². The highest BCUT2D eigenvalue weighted by Crippen LogP contribution is 2.21. The molecule has 3 rings (SSSR count). The molecule has 0 aliphatic carbocycles. The highest BCUT2D eigenvalue weighted by molar-refractivity contribution is 5.74. The monoisotopic (exact) mass is 397 g/mol. The smallest absolute Gasteiger partial charge is 0.317 e. The predicted molar refractivity (Wildman–Crippen MR) is 114 cm³/mol. The molecule has 0 unspecified atom stereocenters. The number of carbonyl (C=O) groups is 1. The molecule has 1 saturated heterocycles. The van der Waals surface area contributed by atoms with Crippen molar-refractivity contribution >= 4 is 12.0 Å². The van der Waals surface area contributed by atoms with Crippen LogP contribution in [-0.2, 0) is 6.42 Å². The Hall–Kier alpha value is -2.83. The first-order valence-corrected chi connectivity index (χ1v) is 10.2. The number of hydrogen-bond acceptors (Lipinski definition) is 5. The predicted octanol–water partition coefficient (Wildman–Crippen LogP) is 3.34. The van der Waals surface area contributed by atoms with Crippen LogP contribution in [0.5, 0.6) is 5.88 Å². The van der Waals surface area contributed by atoms with E-state index in [-0.39, 0.29) is 17.5 Å². The summed E-state index contributed by atoms with van der Waals surface area (Å²) in [5.41, 5.74) is 1.29. The summed E-state index contributed by atoms with van der Waals surface area (Å²) in [6.07, 6.45) is 4.33. The number of piperidine rings is 1. The number of aromatic nitrogens is 2. The van der Waals surface area contributed by atoms with Crippen molar-refractivity contribution in [2.24, 2.45) is 5.41 Å². The van der Waals surface area contributed by atoms with Crippen LogP contribution in [0.25, 0.3) is 0 Å². The molecule has 1 fully saturated rings. The average molecular weight is 398 g/mol. The van der Waals surface area contributed by atoms with Gasteiger partial charge < -0.3 is 20.3 Å². The molecule has 156 valence electrons. The Kier molecular flexibility index (Phi) is 6.90. The lowest BCUT2D eigenvalue weighted by molar-refractivity contribution is 0.178. The molecule has 1 aliphatic rings. The molecular formula is C22H31N5O2. The van der Waals surface area contributed by atoms with E-state index in [1.807, 2.05) is 11.0 Å². The second-order valence-corrected chi connectivity index (χ2v) is 8.31. The highest BCUT2D eigenvalue weighted by Gasteiger charge is 2.25. The SMILES string of the molecule is COc1ccnc(NC2CCN(C(=O)NCC(C)(C)Cc3ccccc3)CC2)n1. The number of anilines is 1. The lowest BCUT2D eigenvalue weighted by Crippen LogP contribution is -2.48. The van der Waals surface area contributed by atoms with Gasteiger partial charge in [-0.3, -0.25) is 0 Å². The zero-order chi connectivity index (χ0) is 20.7. The molecule has 1 aliphatic heterocycles. The molecular weight excluding hydrogens is 366 g/mol. The van der Waals surface area contributed by atoms with Crippen LogP contribution in [0.4, 0.5) is 10.7 Å². The van der Waals surface area contributed by atoms with E-state index in [0.717, 1.165) is 19.3 Å². The number of methoxy groups -OCH3 is 1. The minimum atomic E-state index is 0.000591. The van der Waals surface area contributed by atoms with Crippen LogP contribution in [0.3, 0.4) is 0 Å². The molecule has 0 radical (unpaired) electrons. The quantitative estimate of drug-likeness (QED) is 0.749. The van der Waals surface area contributed by atoms with Crippen molar-refractivity contribution in [1.29, 1.82) is 0 Å². The molecule has 7 nitrogen and oxygen atoms in total. The van der Waals surface area contributed by atoms with Crippen molar-refractivity contribution in [3.8, 4) is 5.88 Å². The number of urea groups is 1. The normalized spacial score (nSPS) is 15.1. The van der Waals surface area contributed by atoms with Gasteiger partial charge in [-0.15, -0.1) is 0 Å². The number of nitrogens with zero attached hydrogens (tertiary/aromatic N) is 3. The van der Waals surface area contributed by atoms with E-state index >= 15 is 0 Å². The van der Waals surface area contributed by atoms with E-state index in [0.29, 0.717) is 31.5 Å². The minimum absolute atomic E-state index is 0.000591. The van der Waals surface area contributed by atoms with Gasteiger partial charge in [0.15, 0.2) is 0 Å². The molecule has 0 atom stereocenters. The van der Waals surface area contributed by atoms with Gasteiger partial charge in [-0.05, 0) is 30.2 Å². The maximum Gasteiger partial charge on any atom is 0.317 e. The van der Waals surface area contributed by atoms with Crippen LogP contribution in [0, 0.1) is 5.41 Å². The second kappa shape index (κ2) is 9.58. The number of ether oxygens (including phenoxy) is 1. The Balaban J connectivity index is 1.42. The Bertz CT molecular complexity index is 789. The van der Waals surface area contributed by atoms with Crippen LogP contribution in [0.15, 0.2) is 42.6 Å². The Morgan fingerprint density at radius 3 is 2.62 bits per heavy atom. The summed E-state index contributed by atoms with van der Waals surface area (Å²) in [4.78, 5) is 23.0. The van der Waals surface area contributed by atoms with Gasteiger partial charge in [0, 0.05) is 37.9 Å². The average Bonchev–Trinajstić information content (AvgIpc) is 2.73. The summed E-state index contributed by atoms with van der Waals surface area (Å²) in [7, 11) is 1.59. The summed E-state index contributed by atoms with van der Waals surface area (Å²) in [5, 5.41) is 6.46. The number of likely N-dealkylation sites (tertiary alicyclic amines) is 1. The van der Waals surface area contributed by atoms with Gasteiger partial charge >= 0.3 is 6.03 Å². The summed E-state index contributed by atoms with van der Waals surface area (Å²) < 4.78 is 5.13. The minimum Gasteiger partial charge on any atom is -0.481 e. The number of rotatable bonds is 7. The molecule has 2 heterocycles. The van der Waals surface area contributed by atoms with Crippen LogP contribution in [-0.4, -0.2) is 53.7 Å². The molecule has 2 amide bonds. The fourth-order valence-electron chi connectivity index (χ4n) is 3.57. The van der Waals surface area contributed by atoms with Crippen molar-refractivity contribution < 1.29 is 9.53 Å². The van der Waals surface area contributed by atoms with Crippen molar-refractivity contribution in [3.63, 3.8) is 0 Å². The molecule has 7 heteroatoms. The number of amides is 2. The lowest BCUT2D eigenvalue weighted by atomic mass is 9.86. The second-order valence-electron chi connectivity index (χ2n) is 8.31. The summed E-state index contributed by atoms with van der Waals surface area (Å²) in [5.74, 6) is 1.10. The van der Waals surface area contributed by atoms with Gasteiger partial charge in [-0.25, -0.2) is 9.78 Å². The third kappa shape index (κ3) is 6.34. The van der Waals surface area contributed by atoms with E-state index in [9.17, 15) is 4.79 Å². The third-order valence-corrected chi connectivity index (χ3v) is 5.20. The zero-order valence-corrected chi connectivity index (χ0v) is 17.5. The number of benzene rings is 1. The molecule has 1 aromatic heterocycles. The van der Waals surface area contributed by atoms with E-state index in [1.54, 1.807) is 19.4 Å².